The molecule has 0 saturated carbocycles. The summed E-state index contributed by atoms with van der Waals surface area (Å²) in [7, 11) is 1.21. The second-order valence-electron chi connectivity index (χ2n) is 5.09. The Labute approximate surface area is 143 Å². The van der Waals surface area contributed by atoms with Gasteiger partial charge in [-0.2, -0.15) is 0 Å². The Morgan fingerprint density at radius 1 is 1.38 bits per heavy atom. The minimum Gasteiger partial charge on any atom is -0.324 e. The van der Waals surface area contributed by atoms with Crippen LogP contribution in [0.3, 0.4) is 0 Å². The van der Waals surface area contributed by atoms with Gasteiger partial charge in [-0.1, -0.05) is 24.3 Å². The number of benzene rings is 1. The molecule has 1 amide bonds. The van der Waals surface area contributed by atoms with E-state index in [9.17, 15) is 19.7 Å². The van der Waals surface area contributed by atoms with Gasteiger partial charge in [0.2, 0.25) is 5.91 Å². The molecule has 0 saturated heterocycles. The molecule has 126 valence electrons. The average Bonchev–Trinajstić information content (AvgIpc) is 2.61. The number of amides is 1. The van der Waals surface area contributed by atoms with Crippen LogP contribution >= 0.6 is 11.6 Å². The molecular formula is C16H15ClN2O5. The molecule has 7 nitrogen and oxygen atoms in total. The minimum absolute atomic E-state index is 0.127. The first-order chi connectivity index (χ1) is 11.4. The van der Waals surface area contributed by atoms with Crippen molar-refractivity contribution in [2.45, 2.75) is 17.5 Å². The van der Waals surface area contributed by atoms with Crippen LogP contribution < -0.4 is 5.32 Å². The summed E-state index contributed by atoms with van der Waals surface area (Å²) in [5, 5.41) is 12.1. The van der Waals surface area contributed by atoms with Crippen molar-refractivity contribution in [2.24, 2.45) is 0 Å². The summed E-state index contributed by atoms with van der Waals surface area (Å²) >= 11 is 5.93. The van der Waals surface area contributed by atoms with Crippen molar-refractivity contribution in [1.29, 1.82) is 0 Å². The zero-order valence-corrected chi connectivity index (χ0v) is 13.5. The monoisotopic (exact) mass is 350 g/mol. The Morgan fingerprint density at radius 3 is 2.54 bits per heavy atom. The van der Waals surface area contributed by atoms with Gasteiger partial charge in [-0.3, -0.25) is 19.7 Å². The van der Waals surface area contributed by atoms with E-state index in [1.54, 1.807) is 30.3 Å². The number of anilines is 1. The van der Waals surface area contributed by atoms with Crippen LogP contribution in [0.1, 0.15) is 6.42 Å². The molecule has 1 aliphatic carbocycles. The Kier molecular flexibility index (Phi) is 5.48. The van der Waals surface area contributed by atoms with Crippen molar-refractivity contribution in [3.63, 3.8) is 0 Å². The lowest BCUT2D eigenvalue weighted by molar-refractivity contribution is -0.610. The van der Waals surface area contributed by atoms with Crippen LogP contribution in [0.5, 0.6) is 0 Å². The number of nitrogens with one attached hydrogen (secondary N) is 1. The van der Waals surface area contributed by atoms with E-state index in [1.807, 2.05) is 0 Å². The van der Waals surface area contributed by atoms with Crippen LogP contribution in [0.15, 0.2) is 54.1 Å². The molecular weight excluding hydrogens is 336 g/mol. The number of carbonyl (C=O) groups is 2. The number of allylic oxidation sites excluding steroid dienone is 2. The first kappa shape index (κ1) is 17.8. The van der Waals surface area contributed by atoms with Crippen molar-refractivity contribution in [3.05, 3.63) is 64.2 Å². The van der Waals surface area contributed by atoms with Gasteiger partial charge in [0.15, 0.2) is 11.2 Å². The molecule has 1 aromatic rings. The molecule has 1 N–H and O–H groups in total. The lowest BCUT2D eigenvalue weighted by Crippen LogP contribution is -2.40. The summed E-state index contributed by atoms with van der Waals surface area (Å²) in [6.07, 6.45) is 3.65. The summed E-state index contributed by atoms with van der Waals surface area (Å²) in [6, 6.07) is 8.57. The number of nitrogens with zero attached hydrogens (tertiary/aromatic N) is 1. The maximum atomic E-state index is 12.3. The number of hydrogen-bond donors (Lipinski definition) is 1. The molecule has 2 rings (SSSR count). The largest absolute Gasteiger partial charge is 0.348 e. The van der Waals surface area contributed by atoms with Gasteiger partial charge < -0.3 is 10.1 Å². The molecule has 0 heterocycles. The van der Waals surface area contributed by atoms with Crippen LogP contribution in [-0.2, 0) is 14.3 Å². The topological polar surface area (TPSA) is 98.5 Å². The fraction of sp³-hybridized carbons (Fsp3) is 0.250. The molecule has 0 aliphatic heterocycles. The molecule has 0 aromatic heterocycles. The van der Waals surface area contributed by atoms with E-state index in [0.29, 0.717) is 5.69 Å². The third kappa shape index (κ3) is 3.69. The van der Waals surface area contributed by atoms with Crippen molar-refractivity contribution in [1.82, 2.24) is 0 Å². The van der Waals surface area contributed by atoms with Crippen LogP contribution in [0, 0.1) is 10.1 Å². The number of hydrogen-bond acceptors (Lipinski definition) is 5. The number of methoxy groups -OCH3 is 1. The van der Waals surface area contributed by atoms with Gasteiger partial charge in [0.1, 0.15) is 0 Å². The lowest BCUT2D eigenvalue weighted by Gasteiger charge is -2.22. The van der Waals surface area contributed by atoms with E-state index in [0.717, 1.165) is 0 Å². The van der Waals surface area contributed by atoms with Gasteiger partial charge in [0, 0.05) is 24.4 Å². The van der Waals surface area contributed by atoms with Crippen molar-refractivity contribution in [3.8, 4) is 0 Å². The Bertz CT molecular complexity index is 716. The van der Waals surface area contributed by atoms with Gasteiger partial charge in [-0.05, 0) is 18.2 Å². The van der Waals surface area contributed by atoms with E-state index in [1.165, 1.54) is 25.3 Å². The highest BCUT2D eigenvalue weighted by Gasteiger charge is 2.42. The number of alkyl halides is 1. The quantitative estimate of drug-likeness (QED) is 0.279. The molecule has 1 aliphatic rings. The number of nitro groups is 1. The molecule has 0 radical (unpaired) electrons. The number of ether oxygens (including phenoxy) is 1. The van der Waals surface area contributed by atoms with E-state index in [4.69, 9.17) is 16.3 Å². The van der Waals surface area contributed by atoms with Crippen LogP contribution in [0.2, 0.25) is 0 Å². The van der Waals surface area contributed by atoms with Crippen LogP contribution in [0.4, 0.5) is 5.69 Å². The summed E-state index contributed by atoms with van der Waals surface area (Å²) in [6.45, 7) is 0. The van der Waals surface area contributed by atoms with Gasteiger partial charge in [-0.15, -0.1) is 11.6 Å². The average molecular weight is 351 g/mol. The summed E-state index contributed by atoms with van der Waals surface area (Å²) in [4.78, 5) is 34.8. The maximum absolute atomic E-state index is 12.3. The first-order valence-corrected chi connectivity index (χ1v) is 7.46. The Balaban J connectivity index is 2.05. The van der Waals surface area contributed by atoms with E-state index < -0.39 is 27.7 Å². The first-order valence-electron chi connectivity index (χ1n) is 7.03. The van der Waals surface area contributed by atoms with E-state index >= 15 is 0 Å². The summed E-state index contributed by atoms with van der Waals surface area (Å²) in [5.74, 6) is -1.30. The highest BCUT2D eigenvalue weighted by Crippen LogP contribution is 2.26. The third-order valence-corrected chi connectivity index (χ3v) is 3.98. The van der Waals surface area contributed by atoms with Crippen LogP contribution in [-0.4, -0.2) is 34.8 Å². The molecule has 8 heteroatoms. The minimum atomic E-state index is -1.70. The van der Waals surface area contributed by atoms with E-state index in [-0.39, 0.29) is 12.0 Å². The fourth-order valence-corrected chi connectivity index (χ4v) is 2.33. The zero-order valence-electron chi connectivity index (χ0n) is 12.8. The number of halogens is 1. The highest BCUT2D eigenvalue weighted by molar-refractivity contribution is 6.45. The molecule has 0 spiro atoms. The highest BCUT2D eigenvalue weighted by atomic mass is 35.5. The number of rotatable bonds is 6. The van der Waals surface area contributed by atoms with Gasteiger partial charge in [-0.25, -0.2) is 0 Å². The molecule has 0 unspecified atom stereocenters. The fourth-order valence-electron chi connectivity index (χ4n) is 2.15. The van der Waals surface area contributed by atoms with Crippen molar-refractivity contribution in [2.75, 3.05) is 12.4 Å². The summed E-state index contributed by atoms with van der Waals surface area (Å²) in [5.41, 5.74) is -1.05. The normalized spacial score (nSPS) is 20.8. The molecule has 2 atom stereocenters. The third-order valence-electron chi connectivity index (χ3n) is 3.59. The maximum Gasteiger partial charge on any atom is 0.348 e. The Hall–Kier alpha value is -2.51. The number of carbonyl (C=O) groups excluding carboxylic acids is 2. The smallest absolute Gasteiger partial charge is 0.324 e. The SMILES string of the molecule is CO[C@@]1([N+](=O)[O-])C=CC(C(=O)[C@@H](Cl)C(=O)Nc2ccccc2)=CC1. The zero-order chi connectivity index (χ0) is 17.7. The predicted octanol–water partition coefficient (Wildman–Crippen LogP) is 2.31. The lowest BCUT2D eigenvalue weighted by atomic mass is 9.96. The van der Waals surface area contributed by atoms with Crippen LogP contribution in [0.25, 0.3) is 0 Å². The number of ketones is 1. The number of Topliss-reactive ketones (excluding diaryl/α,β-unsaturated/α-hetero) is 1. The van der Waals surface area contributed by atoms with Crippen molar-refractivity contribution >= 4 is 29.0 Å². The second-order valence-corrected chi connectivity index (χ2v) is 5.52. The molecule has 0 fully saturated rings. The van der Waals surface area contributed by atoms with Gasteiger partial charge >= 0.3 is 5.72 Å². The summed E-state index contributed by atoms with van der Waals surface area (Å²) < 4.78 is 4.90. The van der Waals surface area contributed by atoms with Gasteiger partial charge in [0.25, 0.3) is 0 Å². The Morgan fingerprint density at radius 2 is 2.04 bits per heavy atom. The number of para-hydroxylation sites is 1. The van der Waals surface area contributed by atoms with E-state index in [2.05, 4.69) is 5.32 Å². The predicted molar refractivity (Wildman–Crippen MR) is 88.3 cm³/mol. The standard InChI is InChI=1S/C16H15ClN2O5/c1-24-16(19(22)23)9-7-11(8-10-16)14(20)13(17)15(21)18-12-5-3-2-4-6-12/h2-9,13H,10H2,1H3,(H,18,21)/t13-,16+/m1/s1. The second kappa shape index (κ2) is 7.37. The van der Waals surface area contributed by atoms with Crippen molar-refractivity contribution < 1.29 is 19.2 Å². The van der Waals surface area contributed by atoms with Gasteiger partial charge in [0.05, 0.1) is 11.3 Å². The molecule has 0 bridgehead atoms. The molecule has 24 heavy (non-hydrogen) atoms. The molecule has 1 aromatic carbocycles.